The number of alkyl halides is 6. The Labute approximate surface area is 204 Å². The van der Waals surface area contributed by atoms with Gasteiger partial charge in [0.2, 0.25) is 0 Å². The number of nitrogens with two attached hydrogens (primary N) is 1. The lowest BCUT2D eigenvalue weighted by Gasteiger charge is -2.23. The third-order valence-corrected chi connectivity index (χ3v) is 5.07. The minimum atomic E-state index is -5.08. The Morgan fingerprint density at radius 2 is 1.78 bits per heavy atom. The summed E-state index contributed by atoms with van der Waals surface area (Å²) >= 11 is 5.78. The van der Waals surface area contributed by atoms with E-state index in [1.54, 1.807) is 0 Å². The van der Waals surface area contributed by atoms with Crippen LogP contribution in [-0.2, 0) is 11.0 Å². The standard InChI is InChI=1S/C18H19ClF3N5O2.C2HF3O2/c19-14-6-11(3-4-13(14)18(20,21)22)27-8-12(15(9-27)26-17(23)29)16(28)25-10-2-1-5-24-7-10;3-2(4,5)1(6)7/h3-4,6,8-10,24H,1-2,5,7H2,(H,25,28)(H3,23,26,29);(H,6,7)/t10-;/m0./s1. The number of carboxylic acids is 1. The molecule has 1 aliphatic heterocycles. The molecule has 1 aliphatic rings. The van der Waals surface area contributed by atoms with Crippen LogP contribution in [0.5, 0.6) is 0 Å². The van der Waals surface area contributed by atoms with Crippen molar-refractivity contribution in [2.75, 3.05) is 18.4 Å². The minimum absolute atomic E-state index is 0.0680. The Bertz CT molecular complexity index is 1110. The fourth-order valence-electron chi connectivity index (χ4n) is 3.15. The molecule has 1 aromatic carbocycles. The normalized spacial score (nSPS) is 15.9. The molecule has 36 heavy (non-hydrogen) atoms. The van der Waals surface area contributed by atoms with E-state index >= 15 is 0 Å². The third kappa shape index (κ3) is 8.05. The predicted octanol–water partition coefficient (Wildman–Crippen LogP) is 3.76. The molecule has 1 aromatic heterocycles. The number of rotatable bonds is 4. The van der Waals surface area contributed by atoms with E-state index in [1.807, 2.05) is 0 Å². The minimum Gasteiger partial charge on any atom is -0.475 e. The Hall–Kier alpha value is -3.46. The molecule has 3 rings (SSSR count). The summed E-state index contributed by atoms with van der Waals surface area (Å²) in [6, 6.07) is 2.26. The summed E-state index contributed by atoms with van der Waals surface area (Å²) in [6.07, 6.45) is -5.15. The van der Waals surface area contributed by atoms with Crippen LogP contribution in [0.1, 0.15) is 28.8 Å². The summed E-state index contributed by atoms with van der Waals surface area (Å²) in [5.41, 5.74) is 4.76. The van der Waals surface area contributed by atoms with Gasteiger partial charge in [0, 0.05) is 30.7 Å². The van der Waals surface area contributed by atoms with Gasteiger partial charge in [0.25, 0.3) is 5.91 Å². The number of anilines is 1. The second-order valence-electron chi connectivity index (χ2n) is 7.46. The van der Waals surface area contributed by atoms with E-state index < -0.39 is 40.8 Å². The zero-order valence-corrected chi connectivity index (χ0v) is 18.9. The summed E-state index contributed by atoms with van der Waals surface area (Å²) < 4.78 is 71.9. The lowest BCUT2D eigenvalue weighted by atomic mass is 10.1. The molecule has 0 aliphatic carbocycles. The number of hydrogen-bond acceptors (Lipinski definition) is 4. The van der Waals surface area contributed by atoms with Crippen molar-refractivity contribution in [2.45, 2.75) is 31.2 Å². The van der Waals surface area contributed by atoms with Gasteiger partial charge in [-0.25, -0.2) is 9.59 Å². The maximum absolute atomic E-state index is 12.9. The highest BCUT2D eigenvalue weighted by Gasteiger charge is 2.38. The molecule has 198 valence electrons. The molecule has 3 amide bonds. The van der Waals surface area contributed by atoms with E-state index in [4.69, 9.17) is 27.2 Å². The fourth-order valence-corrected chi connectivity index (χ4v) is 3.43. The monoisotopic (exact) mass is 543 g/mol. The number of amides is 3. The summed E-state index contributed by atoms with van der Waals surface area (Å²) in [5, 5.41) is 15.1. The number of carboxylic acid groups (broad SMARTS) is 1. The second kappa shape index (κ2) is 11.5. The molecule has 0 unspecified atom stereocenters. The van der Waals surface area contributed by atoms with Crippen LogP contribution in [0.15, 0.2) is 30.6 Å². The Morgan fingerprint density at radius 3 is 2.25 bits per heavy atom. The van der Waals surface area contributed by atoms with Crippen molar-refractivity contribution in [3.05, 3.63) is 46.7 Å². The maximum atomic E-state index is 12.9. The van der Waals surface area contributed by atoms with Crippen LogP contribution in [0.2, 0.25) is 5.02 Å². The number of urea groups is 1. The van der Waals surface area contributed by atoms with Gasteiger partial charge in [0.1, 0.15) is 0 Å². The van der Waals surface area contributed by atoms with E-state index in [0.29, 0.717) is 6.54 Å². The predicted molar refractivity (Wildman–Crippen MR) is 116 cm³/mol. The molecule has 0 bridgehead atoms. The Balaban J connectivity index is 0.000000572. The smallest absolute Gasteiger partial charge is 0.475 e. The van der Waals surface area contributed by atoms with Crippen LogP contribution in [0.25, 0.3) is 5.69 Å². The number of halogens is 7. The number of aliphatic carboxylic acids is 1. The molecular formula is C20H20ClF6N5O4. The van der Waals surface area contributed by atoms with Gasteiger partial charge in [-0.2, -0.15) is 26.3 Å². The van der Waals surface area contributed by atoms with Gasteiger partial charge in [-0.15, -0.1) is 0 Å². The molecule has 9 nitrogen and oxygen atoms in total. The number of nitrogens with zero attached hydrogens (tertiary/aromatic N) is 1. The van der Waals surface area contributed by atoms with E-state index in [1.165, 1.54) is 23.0 Å². The summed E-state index contributed by atoms with van der Waals surface area (Å²) in [6.45, 7) is 1.51. The Kier molecular flexibility index (Phi) is 9.21. The van der Waals surface area contributed by atoms with Crippen molar-refractivity contribution < 1.29 is 45.8 Å². The van der Waals surface area contributed by atoms with Crippen LogP contribution in [-0.4, -0.2) is 52.9 Å². The number of nitrogens with one attached hydrogen (secondary N) is 3. The molecule has 2 aromatic rings. The van der Waals surface area contributed by atoms with Gasteiger partial charge in [-0.1, -0.05) is 11.6 Å². The molecule has 1 fully saturated rings. The van der Waals surface area contributed by atoms with Crippen LogP contribution >= 0.6 is 11.6 Å². The van der Waals surface area contributed by atoms with Crippen LogP contribution in [0.3, 0.4) is 0 Å². The molecule has 2 heterocycles. The molecule has 1 atom stereocenters. The quantitative estimate of drug-likeness (QED) is 0.374. The first-order valence-electron chi connectivity index (χ1n) is 10.1. The number of hydrogen-bond donors (Lipinski definition) is 5. The van der Waals surface area contributed by atoms with Crippen LogP contribution in [0, 0.1) is 0 Å². The van der Waals surface area contributed by atoms with E-state index in [9.17, 15) is 35.9 Å². The van der Waals surface area contributed by atoms with Gasteiger partial charge < -0.3 is 31.4 Å². The van der Waals surface area contributed by atoms with Crippen molar-refractivity contribution in [1.82, 2.24) is 15.2 Å². The topological polar surface area (TPSA) is 138 Å². The number of primary amides is 1. The number of benzene rings is 1. The highest BCUT2D eigenvalue weighted by atomic mass is 35.5. The largest absolute Gasteiger partial charge is 0.490 e. The SMILES string of the molecule is NC(=O)Nc1cn(-c2ccc(C(F)(F)F)c(Cl)c2)cc1C(=O)N[C@H]1CCCNC1.O=C(O)C(F)(F)F. The molecule has 0 radical (unpaired) electrons. The van der Waals surface area contributed by atoms with Gasteiger partial charge >= 0.3 is 24.4 Å². The molecule has 0 spiro atoms. The average molecular weight is 544 g/mol. The first kappa shape index (κ1) is 28.8. The zero-order valence-electron chi connectivity index (χ0n) is 18.1. The molecule has 1 saturated heterocycles. The molecular weight excluding hydrogens is 524 g/mol. The first-order chi connectivity index (χ1) is 16.6. The van der Waals surface area contributed by atoms with E-state index in [-0.39, 0.29) is 23.0 Å². The summed E-state index contributed by atoms with van der Waals surface area (Å²) in [4.78, 5) is 32.9. The molecule has 16 heteroatoms. The number of carbonyl (C=O) groups is 3. The van der Waals surface area contributed by atoms with Crippen LogP contribution in [0.4, 0.5) is 36.8 Å². The number of piperidine rings is 1. The van der Waals surface area contributed by atoms with Crippen molar-refractivity contribution in [3.63, 3.8) is 0 Å². The lowest BCUT2D eigenvalue weighted by molar-refractivity contribution is -0.192. The molecule has 6 N–H and O–H groups in total. The lowest BCUT2D eigenvalue weighted by Crippen LogP contribution is -2.45. The highest BCUT2D eigenvalue weighted by molar-refractivity contribution is 6.31. The molecule has 0 saturated carbocycles. The number of aromatic nitrogens is 1. The summed E-state index contributed by atoms with van der Waals surface area (Å²) in [5.74, 6) is -3.19. The van der Waals surface area contributed by atoms with Gasteiger partial charge in [-0.05, 0) is 37.6 Å². The second-order valence-corrected chi connectivity index (χ2v) is 7.87. The average Bonchev–Trinajstić information content (AvgIpc) is 3.16. The van der Waals surface area contributed by atoms with Crippen molar-refractivity contribution in [3.8, 4) is 5.69 Å². The van der Waals surface area contributed by atoms with Gasteiger partial charge in [0.05, 0.1) is 21.8 Å². The van der Waals surface area contributed by atoms with E-state index in [0.717, 1.165) is 31.5 Å². The van der Waals surface area contributed by atoms with Gasteiger partial charge in [0.15, 0.2) is 0 Å². The fraction of sp³-hybridized carbons (Fsp3) is 0.350. The van der Waals surface area contributed by atoms with Crippen LogP contribution < -0.4 is 21.7 Å². The van der Waals surface area contributed by atoms with E-state index in [2.05, 4.69) is 16.0 Å². The maximum Gasteiger partial charge on any atom is 0.490 e. The van der Waals surface area contributed by atoms with Gasteiger partial charge in [-0.3, -0.25) is 4.79 Å². The first-order valence-corrected chi connectivity index (χ1v) is 10.4. The highest BCUT2D eigenvalue weighted by Crippen LogP contribution is 2.36. The van der Waals surface area contributed by atoms with Crippen molar-refractivity contribution >= 4 is 35.2 Å². The zero-order chi connectivity index (χ0) is 27.3. The third-order valence-electron chi connectivity index (χ3n) is 4.76. The van der Waals surface area contributed by atoms with Crippen molar-refractivity contribution in [2.24, 2.45) is 5.73 Å². The number of carbonyl (C=O) groups excluding carboxylic acids is 2. The Morgan fingerprint density at radius 1 is 1.14 bits per heavy atom. The van der Waals surface area contributed by atoms with Crippen molar-refractivity contribution in [1.29, 1.82) is 0 Å². The summed E-state index contributed by atoms with van der Waals surface area (Å²) in [7, 11) is 0.